The fourth-order valence-corrected chi connectivity index (χ4v) is 3.55. The van der Waals surface area contributed by atoms with Crippen LogP contribution < -0.4 is 10.9 Å². The van der Waals surface area contributed by atoms with Gasteiger partial charge in [-0.2, -0.15) is 0 Å². The Morgan fingerprint density at radius 2 is 2.00 bits per heavy atom. The van der Waals surface area contributed by atoms with E-state index in [4.69, 9.17) is 0 Å². The number of aromatic nitrogens is 3. The zero-order valence-electron chi connectivity index (χ0n) is 15.5. The van der Waals surface area contributed by atoms with Crippen molar-refractivity contribution in [1.29, 1.82) is 0 Å². The first-order valence-corrected chi connectivity index (χ1v) is 9.23. The zero-order chi connectivity index (χ0) is 19.0. The maximum atomic E-state index is 12.5. The summed E-state index contributed by atoms with van der Waals surface area (Å²) in [7, 11) is 0. The quantitative estimate of drug-likeness (QED) is 0.746. The third-order valence-electron chi connectivity index (χ3n) is 4.92. The van der Waals surface area contributed by atoms with Crippen LogP contribution in [-0.2, 0) is 12.8 Å². The standard InChI is InChI=1S/C21H22N4O2/c1-13(2)19-22-10-11-25(19)16-8-6-15(7-9-16)23-20(26)17-12-14-4-3-5-18(14)24-21(17)27/h6-13H,3-5H2,1-2H3,(H,23,26)(H,24,27). The molecule has 2 heterocycles. The van der Waals surface area contributed by atoms with Crippen LogP contribution in [0, 0.1) is 0 Å². The predicted molar refractivity (Wildman–Crippen MR) is 105 cm³/mol. The fourth-order valence-electron chi connectivity index (χ4n) is 3.55. The number of hydrogen-bond donors (Lipinski definition) is 2. The number of imidazole rings is 1. The third-order valence-corrected chi connectivity index (χ3v) is 4.92. The minimum atomic E-state index is -0.385. The first kappa shape index (κ1) is 17.3. The molecule has 0 spiro atoms. The zero-order valence-corrected chi connectivity index (χ0v) is 15.5. The molecule has 0 saturated carbocycles. The molecule has 1 aromatic carbocycles. The smallest absolute Gasteiger partial charge is 0.261 e. The maximum Gasteiger partial charge on any atom is 0.261 e. The van der Waals surface area contributed by atoms with Crippen molar-refractivity contribution < 1.29 is 4.79 Å². The van der Waals surface area contributed by atoms with Gasteiger partial charge in [0.25, 0.3) is 11.5 Å². The Morgan fingerprint density at radius 3 is 2.74 bits per heavy atom. The van der Waals surface area contributed by atoms with E-state index in [2.05, 4.69) is 29.1 Å². The van der Waals surface area contributed by atoms with E-state index in [1.165, 1.54) is 0 Å². The number of rotatable bonds is 4. The van der Waals surface area contributed by atoms with Gasteiger partial charge in [0, 0.05) is 35.4 Å². The lowest BCUT2D eigenvalue weighted by atomic mass is 10.1. The molecule has 0 bridgehead atoms. The van der Waals surface area contributed by atoms with Crippen LogP contribution in [0.3, 0.4) is 0 Å². The molecular formula is C21H22N4O2. The van der Waals surface area contributed by atoms with E-state index in [1.54, 1.807) is 12.3 Å². The first-order valence-electron chi connectivity index (χ1n) is 9.23. The molecule has 0 atom stereocenters. The number of H-pyrrole nitrogens is 1. The van der Waals surface area contributed by atoms with E-state index in [1.807, 2.05) is 35.0 Å². The second kappa shape index (κ2) is 6.87. The molecule has 0 aliphatic heterocycles. The third kappa shape index (κ3) is 3.30. The van der Waals surface area contributed by atoms with Crippen LogP contribution in [0.4, 0.5) is 5.69 Å². The molecular weight excluding hydrogens is 340 g/mol. The van der Waals surface area contributed by atoms with Gasteiger partial charge in [-0.25, -0.2) is 4.98 Å². The van der Waals surface area contributed by atoms with E-state index < -0.39 is 0 Å². The van der Waals surface area contributed by atoms with Crippen LogP contribution in [0.25, 0.3) is 5.69 Å². The average molecular weight is 362 g/mol. The number of anilines is 1. The number of carbonyl (C=O) groups is 1. The second-order valence-electron chi connectivity index (χ2n) is 7.18. The summed E-state index contributed by atoms with van der Waals surface area (Å²) in [5, 5.41) is 2.82. The molecule has 27 heavy (non-hydrogen) atoms. The van der Waals surface area contributed by atoms with Crippen LogP contribution in [0.5, 0.6) is 0 Å². The summed E-state index contributed by atoms with van der Waals surface area (Å²) < 4.78 is 2.03. The Kier molecular flexibility index (Phi) is 4.39. The minimum absolute atomic E-state index is 0.163. The number of amides is 1. The van der Waals surface area contributed by atoms with Crippen molar-refractivity contribution in [2.45, 2.75) is 39.0 Å². The molecule has 4 rings (SSSR count). The Labute approximate surface area is 157 Å². The van der Waals surface area contributed by atoms with Crippen molar-refractivity contribution in [3.8, 4) is 5.69 Å². The van der Waals surface area contributed by atoms with E-state index in [-0.39, 0.29) is 17.0 Å². The van der Waals surface area contributed by atoms with Crippen LogP contribution >= 0.6 is 0 Å². The number of nitrogens with zero attached hydrogens (tertiary/aromatic N) is 2. The summed E-state index contributed by atoms with van der Waals surface area (Å²) in [4.78, 5) is 32.0. The molecule has 1 aliphatic carbocycles. The topological polar surface area (TPSA) is 79.8 Å². The van der Waals surface area contributed by atoms with Gasteiger partial charge < -0.3 is 14.9 Å². The lowest BCUT2D eigenvalue weighted by Gasteiger charge is -2.11. The minimum Gasteiger partial charge on any atom is -0.325 e. The number of hydrogen-bond acceptors (Lipinski definition) is 3. The highest BCUT2D eigenvalue weighted by molar-refractivity contribution is 6.04. The van der Waals surface area contributed by atoms with Gasteiger partial charge in [-0.05, 0) is 55.2 Å². The van der Waals surface area contributed by atoms with Crippen molar-refractivity contribution in [2.75, 3.05) is 5.32 Å². The van der Waals surface area contributed by atoms with E-state index in [0.29, 0.717) is 11.6 Å². The highest BCUT2D eigenvalue weighted by atomic mass is 16.2. The summed E-state index contributed by atoms with van der Waals surface area (Å²) in [5.41, 5.74) is 3.49. The molecule has 138 valence electrons. The van der Waals surface area contributed by atoms with Gasteiger partial charge in [0.15, 0.2) is 0 Å². The van der Waals surface area contributed by atoms with Gasteiger partial charge in [0.2, 0.25) is 0 Å². The number of carbonyl (C=O) groups excluding carboxylic acids is 1. The van der Waals surface area contributed by atoms with Crippen molar-refractivity contribution >= 4 is 11.6 Å². The van der Waals surface area contributed by atoms with Gasteiger partial charge in [-0.1, -0.05) is 13.8 Å². The van der Waals surface area contributed by atoms with Crippen LogP contribution in [-0.4, -0.2) is 20.4 Å². The summed E-state index contributed by atoms with van der Waals surface area (Å²) in [6, 6.07) is 9.25. The molecule has 0 radical (unpaired) electrons. The van der Waals surface area contributed by atoms with Crippen LogP contribution in [0.15, 0.2) is 47.5 Å². The number of benzene rings is 1. The predicted octanol–water partition coefficient (Wildman–Crippen LogP) is 3.43. The van der Waals surface area contributed by atoms with Gasteiger partial charge in [-0.3, -0.25) is 9.59 Å². The Bertz CT molecular complexity index is 1040. The number of aryl methyl sites for hydroxylation is 2. The summed E-state index contributed by atoms with van der Waals surface area (Å²) >= 11 is 0. The molecule has 2 aromatic heterocycles. The molecule has 0 unspecified atom stereocenters. The van der Waals surface area contributed by atoms with Gasteiger partial charge in [0.05, 0.1) is 0 Å². The van der Waals surface area contributed by atoms with E-state index >= 15 is 0 Å². The van der Waals surface area contributed by atoms with Crippen molar-refractivity contribution in [1.82, 2.24) is 14.5 Å². The average Bonchev–Trinajstić information content (AvgIpc) is 3.30. The highest BCUT2D eigenvalue weighted by Crippen LogP contribution is 2.21. The summed E-state index contributed by atoms with van der Waals surface area (Å²) in [6.45, 7) is 4.20. The van der Waals surface area contributed by atoms with Gasteiger partial charge >= 0.3 is 0 Å². The maximum absolute atomic E-state index is 12.5. The number of nitrogens with one attached hydrogen (secondary N) is 2. The summed E-state index contributed by atoms with van der Waals surface area (Å²) in [5.74, 6) is 0.909. The molecule has 6 heteroatoms. The van der Waals surface area contributed by atoms with E-state index in [0.717, 1.165) is 42.0 Å². The molecule has 1 aliphatic rings. The molecule has 3 aromatic rings. The highest BCUT2D eigenvalue weighted by Gasteiger charge is 2.18. The fraction of sp³-hybridized carbons (Fsp3) is 0.286. The second-order valence-corrected chi connectivity index (χ2v) is 7.18. The lowest BCUT2D eigenvalue weighted by molar-refractivity contribution is 0.102. The van der Waals surface area contributed by atoms with Crippen LogP contribution in [0.2, 0.25) is 0 Å². The van der Waals surface area contributed by atoms with Gasteiger partial charge in [-0.15, -0.1) is 0 Å². The van der Waals surface area contributed by atoms with Crippen LogP contribution in [0.1, 0.15) is 53.6 Å². The Hall–Kier alpha value is -3.15. The number of pyridine rings is 1. The number of aromatic amines is 1. The Morgan fingerprint density at radius 1 is 1.22 bits per heavy atom. The molecule has 2 N–H and O–H groups in total. The van der Waals surface area contributed by atoms with Crippen molar-refractivity contribution in [3.63, 3.8) is 0 Å². The summed E-state index contributed by atoms with van der Waals surface area (Å²) in [6.07, 6.45) is 6.51. The molecule has 6 nitrogen and oxygen atoms in total. The largest absolute Gasteiger partial charge is 0.325 e. The monoisotopic (exact) mass is 362 g/mol. The normalized spacial score (nSPS) is 13.0. The SMILES string of the molecule is CC(C)c1nccn1-c1ccc(NC(=O)c2cc3c([nH]c2=O)CCC3)cc1. The van der Waals surface area contributed by atoms with Gasteiger partial charge in [0.1, 0.15) is 11.4 Å². The number of fused-ring (bicyclic) bond motifs is 1. The van der Waals surface area contributed by atoms with Crippen molar-refractivity contribution in [3.05, 3.63) is 75.7 Å². The first-order chi connectivity index (χ1) is 13.0. The molecule has 0 fully saturated rings. The van der Waals surface area contributed by atoms with E-state index in [9.17, 15) is 9.59 Å². The Balaban J connectivity index is 1.54. The molecule has 1 amide bonds. The molecule has 0 saturated heterocycles. The lowest BCUT2D eigenvalue weighted by Crippen LogP contribution is -2.24. The van der Waals surface area contributed by atoms with Crippen molar-refractivity contribution in [2.24, 2.45) is 0 Å².